The Morgan fingerprint density at radius 3 is 2.60 bits per heavy atom. The predicted molar refractivity (Wildman–Crippen MR) is 76.0 cm³/mol. The van der Waals surface area contributed by atoms with E-state index in [1.165, 1.54) is 35.3 Å². The molecule has 1 aliphatic heterocycles. The summed E-state index contributed by atoms with van der Waals surface area (Å²) >= 11 is 0. The van der Waals surface area contributed by atoms with Gasteiger partial charge in [-0.1, -0.05) is 17.3 Å². The van der Waals surface area contributed by atoms with E-state index in [1.807, 2.05) is 0 Å². The van der Waals surface area contributed by atoms with Crippen molar-refractivity contribution in [3.05, 3.63) is 42.0 Å². The van der Waals surface area contributed by atoms with E-state index >= 15 is 0 Å². The van der Waals surface area contributed by atoms with Gasteiger partial charge in [0, 0.05) is 0 Å². The van der Waals surface area contributed by atoms with Crippen molar-refractivity contribution in [2.75, 3.05) is 0 Å². The minimum absolute atomic E-state index is 0.217. The van der Waals surface area contributed by atoms with Crippen molar-refractivity contribution < 1.29 is 32.6 Å². The number of oxime groups is 1. The summed E-state index contributed by atoms with van der Waals surface area (Å²) in [6.45, 7) is 1.69. The summed E-state index contributed by atoms with van der Waals surface area (Å²) in [5.41, 5.74) is -0.374. The maximum Gasteiger partial charge on any atom is 0.573 e. The highest BCUT2D eigenvalue weighted by molar-refractivity contribution is 5.87. The van der Waals surface area contributed by atoms with Gasteiger partial charge >= 0.3 is 12.3 Å². The Labute approximate surface area is 138 Å². The van der Waals surface area contributed by atoms with E-state index in [2.05, 4.69) is 20.0 Å². The molecule has 1 aromatic carbocycles. The van der Waals surface area contributed by atoms with Crippen molar-refractivity contribution in [2.45, 2.75) is 25.3 Å². The summed E-state index contributed by atoms with van der Waals surface area (Å²) in [5.74, 6) is -1.69. The summed E-state index contributed by atoms with van der Waals surface area (Å²) < 4.78 is 41.6. The van der Waals surface area contributed by atoms with E-state index in [0.29, 0.717) is 11.4 Å². The average molecular weight is 356 g/mol. The first kappa shape index (κ1) is 16.7. The topological polar surface area (TPSA) is 98.8 Å². The van der Waals surface area contributed by atoms with Gasteiger partial charge in [0.15, 0.2) is 11.4 Å². The Morgan fingerprint density at radius 1 is 1.36 bits per heavy atom. The number of nitrogens with zero attached hydrogens (tertiary/aromatic N) is 4. The molecule has 8 nitrogen and oxygen atoms in total. The summed E-state index contributed by atoms with van der Waals surface area (Å²) in [6.07, 6.45) is -3.35. The van der Waals surface area contributed by atoms with Crippen molar-refractivity contribution in [3.8, 4) is 5.75 Å². The highest BCUT2D eigenvalue weighted by Gasteiger charge is 2.38. The molecule has 25 heavy (non-hydrogen) atoms. The fourth-order valence-electron chi connectivity index (χ4n) is 2.29. The van der Waals surface area contributed by atoms with Crippen LogP contribution in [0.1, 0.15) is 29.5 Å². The van der Waals surface area contributed by atoms with Crippen LogP contribution >= 0.6 is 0 Å². The van der Waals surface area contributed by atoms with Gasteiger partial charge in [0.05, 0.1) is 6.42 Å². The maximum atomic E-state index is 12.2. The van der Waals surface area contributed by atoms with Crippen LogP contribution < -0.4 is 4.74 Å². The Bertz CT molecular complexity index is 831. The molecule has 1 aliphatic rings. The van der Waals surface area contributed by atoms with Gasteiger partial charge in [0.1, 0.15) is 12.1 Å². The predicted octanol–water partition coefficient (Wildman–Crippen LogP) is 2.37. The second kappa shape index (κ2) is 5.76. The number of carboxylic acids is 1. The second-order valence-corrected chi connectivity index (χ2v) is 5.40. The Balaban J connectivity index is 1.74. The van der Waals surface area contributed by atoms with E-state index in [1.54, 1.807) is 6.92 Å². The molecule has 0 saturated heterocycles. The first-order valence-corrected chi connectivity index (χ1v) is 6.93. The molecule has 0 amide bonds. The molecule has 0 saturated carbocycles. The van der Waals surface area contributed by atoms with Gasteiger partial charge in [0.2, 0.25) is 0 Å². The van der Waals surface area contributed by atoms with Crippen molar-refractivity contribution in [1.82, 2.24) is 14.8 Å². The Morgan fingerprint density at radius 2 is 2.04 bits per heavy atom. The van der Waals surface area contributed by atoms with E-state index < -0.39 is 17.9 Å². The van der Waals surface area contributed by atoms with Crippen molar-refractivity contribution >= 4 is 11.8 Å². The lowest BCUT2D eigenvalue weighted by Crippen LogP contribution is -2.24. The lowest BCUT2D eigenvalue weighted by Gasteiger charge is -2.22. The fraction of sp³-hybridized carbons (Fsp3) is 0.286. The number of carboxylic acid groups (broad SMARTS) is 1. The smallest absolute Gasteiger partial charge is 0.475 e. The summed E-state index contributed by atoms with van der Waals surface area (Å²) in [6, 6.07) is 5.22. The average Bonchev–Trinajstić information content (AvgIpc) is 3.14. The van der Waals surface area contributed by atoms with Crippen LogP contribution in [0, 0.1) is 0 Å². The number of aromatic nitrogens is 3. The van der Waals surface area contributed by atoms with Crippen LogP contribution in [0.3, 0.4) is 0 Å². The molecule has 2 heterocycles. The second-order valence-electron chi connectivity index (χ2n) is 5.40. The maximum absolute atomic E-state index is 12.2. The molecule has 0 unspecified atom stereocenters. The number of halogens is 3. The van der Waals surface area contributed by atoms with E-state index in [4.69, 9.17) is 9.94 Å². The Hall–Kier alpha value is -3.11. The highest BCUT2D eigenvalue weighted by Crippen LogP contribution is 2.35. The molecule has 0 radical (unpaired) electrons. The SMILES string of the molecule is C[C@@]1(c2ccc(OC(F)(F)F)cc2)CC(n2cnc(C(=O)O)n2)=NO1. The lowest BCUT2D eigenvalue weighted by atomic mass is 9.92. The van der Waals surface area contributed by atoms with Crippen LogP contribution in [0.15, 0.2) is 35.7 Å². The molecule has 132 valence electrons. The third kappa shape index (κ3) is 3.54. The third-order valence-corrected chi connectivity index (χ3v) is 3.49. The molecule has 11 heteroatoms. The number of hydrogen-bond acceptors (Lipinski definition) is 6. The normalized spacial score (nSPS) is 20.1. The molecule has 0 aliphatic carbocycles. The number of aromatic carboxylic acids is 1. The summed E-state index contributed by atoms with van der Waals surface area (Å²) in [7, 11) is 0. The number of carbonyl (C=O) groups is 1. The molecule has 1 N–H and O–H groups in total. The van der Waals surface area contributed by atoms with Gasteiger partial charge < -0.3 is 14.7 Å². The zero-order valence-electron chi connectivity index (χ0n) is 12.7. The van der Waals surface area contributed by atoms with Crippen LogP contribution in [0.2, 0.25) is 0 Å². The number of rotatable bonds is 3. The zero-order chi connectivity index (χ0) is 18.2. The van der Waals surface area contributed by atoms with Crippen LogP contribution in [0.25, 0.3) is 0 Å². The van der Waals surface area contributed by atoms with Gasteiger partial charge in [-0.25, -0.2) is 14.5 Å². The van der Waals surface area contributed by atoms with Crippen molar-refractivity contribution in [1.29, 1.82) is 0 Å². The van der Waals surface area contributed by atoms with E-state index in [-0.39, 0.29) is 18.0 Å². The van der Waals surface area contributed by atoms with Gasteiger partial charge in [-0.15, -0.1) is 18.3 Å². The van der Waals surface area contributed by atoms with E-state index in [9.17, 15) is 18.0 Å². The molecule has 0 fully saturated rings. The fourth-order valence-corrected chi connectivity index (χ4v) is 2.29. The summed E-state index contributed by atoms with van der Waals surface area (Å²) in [4.78, 5) is 19.8. The van der Waals surface area contributed by atoms with Gasteiger partial charge in [-0.2, -0.15) is 0 Å². The zero-order valence-corrected chi connectivity index (χ0v) is 12.7. The number of alkyl halides is 3. The molecular formula is C14H11F3N4O4. The lowest BCUT2D eigenvalue weighted by molar-refractivity contribution is -0.274. The van der Waals surface area contributed by atoms with Gasteiger partial charge in [-0.05, 0) is 24.6 Å². The standard InChI is InChI=1S/C14H11F3N4O4/c1-13(8-2-4-9(5-3-8)24-14(15,16)17)6-10(20-25-13)21-7-18-11(19-21)12(22)23/h2-5,7H,6H2,1H3,(H,22,23)/t13-/m0/s1. The largest absolute Gasteiger partial charge is 0.573 e. The molecule has 1 aromatic heterocycles. The first-order valence-electron chi connectivity index (χ1n) is 6.93. The molecule has 0 spiro atoms. The summed E-state index contributed by atoms with van der Waals surface area (Å²) in [5, 5.41) is 16.4. The molecular weight excluding hydrogens is 345 g/mol. The van der Waals surface area contributed by atoms with Gasteiger partial charge in [0.25, 0.3) is 5.82 Å². The molecule has 3 rings (SSSR count). The molecule has 1 atom stereocenters. The Kier molecular flexibility index (Phi) is 3.85. The van der Waals surface area contributed by atoms with Crippen molar-refractivity contribution in [2.24, 2.45) is 5.16 Å². The van der Waals surface area contributed by atoms with Crippen LogP contribution in [0.4, 0.5) is 13.2 Å². The number of benzene rings is 1. The quantitative estimate of drug-likeness (QED) is 0.907. The van der Waals surface area contributed by atoms with Crippen molar-refractivity contribution in [3.63, 3.8) is 0 Å². The minimum atomic E-state index is -4.76. The molecule has 2 aromatic rings. The van der Waals surface area contributed by atoms with Crippen LogP contribution in [-0.4, -0.2) is 38.0 Å². The monoisotopic (exact) mass is 356 g/mol. The minimum Gasteiger partial charge on any atom is -0.475 e. The number of ether oxygens (including phenoxy) is 1. The first-order chi connectivity index (χ1) is 11.7. The van der Waals surface area contributed by atoms with Crippen LogP contribution in [-0.2, 0) is 10.4 Å². The highest BCUT2D eigenvalue weighted by atomic mass is 19.4. The van der Waals surface area contributed by atoms with E-state index in [0.717, 1.165) is 0 Å². The third-order valence-electron chi connectivity index (χ3n) is 3.49. The van der Waals surface area contributed by atoms with Gasteiger partial charge in [-0.3, -0.25) is 0 Å². The van der Waals surface area contributed by atoms with Crippen LogP contribution in [0.5, 0.6) is 5.75 Å². The number of hydrogen-bond donors (Lipinski definition) is 1. The molecule has 0 bridgehead atoms.